The molecule has 0 saturated carbocycles. The zero-order valence-electron chi connectivity index (χ0n) is 23.2. The lowest BCUT2D eigenvalue weighted by molar-refractivity contribution is -0.187. The molecule has 13 nitrogen and oxygen atoms in total. The molecule has 2 aromatic heterocycles. The van der Waals surface area contributed by atoms with Gasteiger partial charge in [0.15, 0.2) is 11.5 Å². The van der Waals surface area contributed by atoms with Crippen molar-refractivity contribution in [2.75, 3.05) is 25.8 Å². The molecule has 5 N–H and O–H groups in total. The van der Waals surface area contributed by atoms with Crippen LogP contribution in [0.4, 0.5) is 0 Å². The minimum atomic E-state index is -2.13. The number of amides is 1. The van der Waals surface area contributed by atoms with Crippen LogP contribution in [0.5, 0.6) is 11.5 Å². The van der Waals surface area contributed by atoms with Crippen molar-refractivity contribution < 1.29 is 33.3 Å². The Kier molecular flexibility index (Phi) is 7.71. The van der Waals surface area contributed by atoms with Gasteiger partial charge in [-0.15, -0.1) is 11.6 Å². The molecular formula is C29H30ClN5O8. The lowest BCUT2D eigenvalue weighted by atomic mass is 9.89. The van der Waals surface area contributed by atoms with Gasteiger partial charge in [-0.3, -0.25) is 9.59 Å². The number of pyridine rings is 2. The van der Waals surface area contributed by atoms with Gasteiger partial charge in [-0.05, 0) is 44.0 Å². The Bertz CT molecular complexity index is 1710. The van der Waals surface area contributed by atoms with Crippen LogP contribution in [0.15, 0.2) is 29.1 Å². The number of aromatic nitrogens is 2. The predicted octanol–water partition coefficient (Wildman–Crippen LogP) is 1.15. The molecule has 3 aromatic rings. The Morgan fingerprint density at radius 2 is 1.88 bits per heavy atom. The fourth-order valence-electron chi connectivity index (χ4n) is 5.66. The number of fused-ring (bicyclic) bond motifs is 6. The summed E-state index contributed by atoms with van der Waals surface area (Å²) in [5.74, 6) is -1.61. The lowest BCUT2D eigenvalue weighted by Crippen LogP contribution is -2.52. The first-order valence-electron chi connectivity index (χ1n) is 14.0. The Morgan fingerprint density at radius 1 is 1.09 bits per heavy atom. The van der Waals surface area contributed by atoms with E-state index in [1.807, 2.05) is 12.1 Å². The van der Waals surface area contributed by atoms with Crippen molar-refractivity contribution in [2.45, 2.75) is 50.5 Å². The number of nitrogens with one attached hydrogen (secondary N) is 1. The van der Waals surface area contributed by atoms with Crippen LogP contribution in [0.2, 0.25) is 0 Å². The molecule has 0 radical (unpaired) electrons. The summed E-state index contributed by atoms with van der Waals surface area (Å²) in [6.07, 6.45) is 1.33. The minimum Gasteiger partial charge on any atom is -0.457 e. The summed E-state index contributed by atoms with van der Waals surface area (Å²) in [5, 5.41) is 3.44. The van der Waals surface area contributed by atoms with Gasteiger partial charge < -0.3 is 40.3 Å². The third-order valence-electron chi connectivity index (χ3n) is 7.87. The number of hydrogen-bond donors (Lipinski definition) is 3. The zero-order valence-corrected chi connectivity index (χ0v) is 23.9. The Balaban J connectivity index is 1.40. The van der Waals surface area contributed by atoms with Gasteiger partial charge in [0.25, 0.3) is 5.56 Å². The van der Waals surface area contributed by atoms with Crippen molar-refractivity contribution in [2.24, 2.45) is 11.5 Å². The molecule has 5 heterocycles. The van der Waals surface area contributed by atoms with Crippen LogP contribution in [-0.2, 0) is 42.6 Å². The molecule has 1 amide bonds. The lowest BCUT2D eigenvalue weighted by Gasteiger charge is -2.36. The van der Waals surface area contributed by atoms with Gasteiger partial charge in [-0.25, -0.2) is 14.6 Å². The average Bonchev–Trinajstić information content (AvgIpc) is 3.60. The summed E-state index contributed by atoms with van der Waals surface area (Å²) in [4.78, 5) is 57.8. The van der Waals surface area contributed by atoms with E-state index in [1.54, 1.807) is 16.7 Å². The van der Waals surface area contributed by atoms with E-state index in [1.165, 1.54) is 0 Å². The maximum Gasteiger partial charge on any atom is 0.357 e. The first-order valence-corrected chi connectivity index (χ1v) is 14.5. The third kappa shape index (κ3) is 4.96. The summed E-state index contributed by atoms with van der Waals surface area (Å²) >= 11 is 6.38. The topological polar surface area (TPSA) is 187 Å². The second kappa shape index (κ2) is 11.5. The van der Waals surface area contributed by atoms with E-state index in [0.29, 0.717) is 47.8 Å². The first kappa shape index (κ1) is 28.9. The standard InChI is InChI=1S/C29H30ClN5O8/c30-13-29(43-27(38)19(3-1-2-5-31)33-24(36)4-6-32)18-9-21-25-16(11-35(21)26(37)17(18)12-40-28(29)39)7-15-8-22-23(42-14-41-22)10-20(15)34-25/h7-10,19H,1-6,11-14,31-32H2,(H,33,36)/t19?,29-/m1/s1. The number of carbonyl (C=O) groups is 3. The summed E-state index contributed by atoms with van der Waals surface area (Å²) < 4.78 is 23.7. The average molecular weight is 612 g/mol. The number of cyclic esters (lactones) is 1. The van der Waals surface area contributed by atoms with Crippen molar-refractivity contribution in [3.8, 4) is 22.9 Å². The van der Waals surface area contributed by atoms with Crippen LogP contribution >= 0.6 is 11.6 Å². The van der Waals surface area contributed by atoms with Gasteiger partial charge in [-0.1, -0.05) is 0 Å². The first-order chi connectivity index (χ1) is 20.8. The quantitative estimate of drug-likeness (QED) is 0.133. The molecule has 3 aliphatic heterocycles. The van der Waals surface area contributed by atoms with E-state index in [0.717, 1.165) is 10.9 Å². The number of nitrogens with zero attached hydrogens (tertiary/aromatic N) is 2. The fourth-order valence-corrected chi connectivity index (χ4v) is 5.97. The highest BCUT2D eigenvalue weighted by atomic mass is 35.5. The number of unbranched alkanes of at least 4 members (excludes halogenated alkanes) is 1. The van der Waals surface area contributed by atoms with Crippen molar-refractivity contribution in [1.29, 1.82) is 0 Å². The normalized spacial score (nSPS) is 18.4. The molecular weight excluding hydrogens is 582 g/mol. The predicted molar refractivity (Wildman–Crippen MR) is 153 cm³/mol. The van der Waals surface area contributed by atoms with E-state index in [9.17, 15) is 19.2 Å². The van der Waals surface area contributed by atoms with Gasteiger partial charge in [0.05, 0.1) is 34.9 Å². The number of rotatable bonds is 10. The van der Waals surface area contributed by atoms with Gasteiger partial charge in [0.2, 0.25) is 18.3 Å². The van der Waals surface area contributed by atoms with E-state index in [-0.39, 0.29) is 50.5 Å². The second-order valence-electron chi connectivity index (χ2n) is 10.6. The van der Waals surface area contributed by atoms with Gasteiger partial charge >= 0.3 is 11.9 Å². The van der Waals surface area contributed by atoms with Gasteiger partial charge in [0.1, 0.15) is 12.6 Å². The Labute approximate surface area is 250 Å². The Hall–Kier alpha value is -4.20. The van der Waals surface area contributed by atoms with Crippen molar-refractivity contribution >= 4 is 40.3 Å². The Morgan fingerprint density at radius 3 is 2.63 bits per heavy atom. The maximum absolute atomic E-state index is 13.8. The van der Waals surface area contributed by atoms with Crippen LogP contribution in [0, 0.1) is 0 Å². The van der Waals surface area contributed by atoms with Crippen molar-refractivity contribution in [3.05, 3.63) is 51.3 Å². The maximum atomic E-state index is 13.8. The second-order valence-corrected chi connectivity index (χ2v) is 10.9. The summed E-state index contributed by atoms with van der Waals surface area (Å²) in [6, 6.07) is 6.05. The smallest absolute Gasteiger partial charge is 0.357 e. The molecule has 0 saturated heterocycles. The highest BCUT2D eigenvalue weighted by Gasteiger charge is 2.52. The third-order valence-corrected chi connectivity index (χ3v) is 8.25. The van der Waals surface area contributed by atoms with Gasteiger partial charge in [0, 0.05) is 35.5 Å². The number of alkyl halides is 1. The molecule has 3 aliphatic rings. The molecule has 226 valence electrons. The number of ether oxygens (including phenoxy) is 4. The SMILES string of the molecule is NCCCCC(NC(=O)CCN)C(=O)O[C@@]1(CCl)C(=O)OCc2c1cc1n(c2=O)Cc2cc3cc4c(cc3nc2-1)OCO4. The number of nitrogens with two attached hydrogens (primary N) is 2. The molecule has 6 rings (SSSR count). The molecule has 14 heteroatoms. The number of esters is 2. The number of benzene rings is 1. The van der Waals surface area contributed by atoms with Crippen LogP contribution in [-0.4, -0.2) is 59.2 Å². The van der Waals surface area contributed by atoms with Crippen LogP contribution < -0.4 is 31.8 Å². The van der Waals surface area contributed by atoms with E-state index in [2.05, 4.69) is 5.32 Å². The molecule has 0 spiro atoms. The highest BCUT2D eigenvalue weighted by Crippen LogP contribution is 2.42. The molecule has 1 unspecified atom stereocenters. The monoisotopic (exact) mass is 611 g/mol. The molecule has 0 bridgehead atoms. The molecule has 1 aromatic carbocycles. The van der Waals surface area contributed by atoms with Crippen LogP contribution in [0.1, 0.15) is 42.4 Å². The number of carbonyl (C=O) groups excluding carboxylic acids is 3. The number of hydrogen-bond acceptors (Lipinski definition) is 11. The zero-order chi connectivity index (χ0) is 30.3. The summed E-state index contributed by atoms with van der Waals surface area (Å²) in [6.45, 7) is 0.531. The largest absolute Gasteiger partial charge is 0.457 e. The fraction of sp³-hybridized carbons (Fsp3) is 0.414. The minimum absolute atomic E-state index is 0.00184. The summed E-state index contributed by atoms with van der Waals surface area (Å²) in [5.41, 5.74) is 11.2. The van der Waals surface area contributed by atoms with E-state index in [4.69, 9.17) is 47.0 Å². The van der Waals surface area contributed by atoms with Crippen molar-refractivity contribution in [3.63, 3.8) is 0 Å². The summed E-state index contributed by atoms with van der Waals surface area (Å²) in [7, 11) is 0. The molecule has 0 aliphatic carbocycles. The van der Waals surface area contributed by atoms with Crippen molar-refractivity contribution in [1.82, 2.24) is 14.9 Å². The number of halogens is 1. The van der Waals surface area contributed by atoms with Crippen LogP contribution in [0.3, 0.4) is 0 Å². The molecule has 0 fully saturated rings. The highest BCUT2D eigenvalue weighted by molar-refractivity contribution is 6.20. The van der Waals surface area contributed by atoms with E-state index < -0.39 is 40.9 Å². The van der Waals surface area contributed by atoms with Crippen LogP contribution in [0.25, 0.3) is 22.3 Å². The molecule has 43 heavy (non-hydrogen) atoms. The van der Waals surface area contributed by atoms with Gasteiger partial charge in [-0.2, -0.15) is 0 Å². The molecule has 2 atom stereocenters. The van der Waals surface area contributed by atoms with E-state index >= 15 is 0 Å².